The van der Waals surface area contributed by atoms with E-state index >= 15 is 0 Å². The predicted molar refractivity (Wildman–Crippen MR) is 116 cm³/mol. The average Bonchev–Trinajstić information content (AvgIpc) is 3.04. The fourth-order valence-corrected chi connectivity index (χ4v) is 4.89. The van der Waals surface area contributed by atoms with Crippen molar-refractivity contribution in [1.29, 1.82) is 0 Å². The van der Waals surface area contributed by atoms with Gasteiger partial charge in [0, 0.05) is 11.3 Å². The van der Waals surface area contributed by atoms with Gasteiger partial charge in [-0.15, -0.1) is 0 Å². The number of hydrogen-bond acceptors (Lipinski definition) is 6. The highest BCUT2D eigenvalue weighted by Gasteiger charge is 2.38. The number of esters is 1. The van der Waals surface area contributed by atoms with E-state index in [1.807, 2.05) is 0 Å². The largest absolute Gasteiger partial charge is 0.478 e. The molecule has 1 aromatic rings. The third-order valence-electron chi connectivity index (χ3n) is 6.26. The first kappa shape index (κ1) is 21.7. The summed E-state index contributed by atoms with van der Waals surface area (Å²) < 4.78 is 5.75. The number of hydrogen-bond donors (Lipinski definition) is 4. The van der Waals surface area contributed by atoms with Crippen LogP contribution in [0.5, 0.6) is 5.75 Å². The topological polar surface area (TPSA) is 144 Å². The minimum Gasteiger partial charge on any atom is -0.478 e. The lowest BCUT2D eigenvalue weighted by Gasteiger charge is -2.36. The number of carboxylic acids is 1. The number of amidine groups is 1. The van der Waals surface area contributed by atoms with Gasteiger partial charge in [-0.25, -0.2) is 9.79 Å². The Hall–Kier alpha value is -3.03. The van der Waals surface area contributed by atoms with Crippen LogP contribution in [0.1, 0.15) is 51.8 Å². The van der Waals surface area contributed by atoms with Gasteiger partial charge in [-0.05, 0) is 56.1 Å². The molecule has 8 nitrogen and oxygen atoms in total. The number of nitrogens with one attached hydrogen (secondary N) is 1. The smallest absolute Gasteiger partial charge is 0.339 e. The highest BCUT2D eigenvalue weighted by molar-refractivity contribution is 6.21. The van der Waals surface area contributed by atoms with Gasteiger partial charge in [0.2, 0.25) is 0 Å². The molecule has 0 amide bonds. The van der Waals surface area contributed by atoms with Gasteiger partial charge in [-0.1, -0.05) is 20.8 Å². The minimum atomic E-state index is -1.13. The molecule has 0 bridgehead atoms. The molecule has 0 spiro atoms. The summed E-state index contributed by atoms with van der Waals surface area (Å²) in [6, 6.07) is 0. The summed E-state index contributed by atoms with van der Waals surface area (Å²) in [5, 5.41) is 9.29. The number of rotatable bonds is 4. The molecule has 2 aliphatic rings. The Labute approximate surface area is 176 Å². The highest BCUT2D eigenvalue weighted by Crippen LogP contribution is 2.40. The maximum Gasteiger partial charge on any atom is 0.339 e. The van der Waals surface area contributed by atoms with Gasteiger partial charge >= 0.3 is 11.9 Å². The van der Waals surface area contributed by atoms with Gasteiger partial charge in [0.05, 0.1) is 11.6 Å². The summed E-state index contributed by atoms with van der Waals surface area (Å²) in [6.45, 7) is 9.84. The van der Waals surface area contributed by atoms with E-state index < -0.39 is 5.97 Å². The molecule has 1 fully saturated rings. The molecule has 0 aromatic carbocycles. The number of aliphatic imine (C=N–C) groups is 1. The Morgan fingerprint density at radius 3 is 2.30 bits per heavy atom. The fraction of sp³-hybridized carbons (Fsp3) is 0.500. The zero-order valence-electron chi connectivity index (χ0n) is 18.1. The van der Waals surface area contributed by atoms with Gasteiger partial charge < -0.3 is 26.3 Å². The number of aliphatic carboxylic acids is 1. The summed E-state index contributed by atoms with van der Waals surface area (Å²) in [5.74, 6) is 0.0492. The van der Waals surface area contributed by atoms with Crippen LogP contribution in [0, 0.1) is 30.6 Å². The number of nitrogen functional groups attached to an aromatic ring is 1. The second kappa shape index (κ2) is 8.01. The minimum absolute atomic E-state index is 0.0143. The van der Waals surface area contributed by atoms with Crippen molar-refractivity contribution in [2.45, 2.75) is 47.5 Å². The lowest BCUT2D eigenvalue weighted by Crippen LogP contribution is -2.37. The van der Waals surface area contributed by atoms with E-state index in [0.717, 1.165) is 12.8 Å². The molecule has 0 saturated heterocycles. The standard InChI is InChI=1S/C22H30N4O4/c1-9-6-10(2)16(11(3)7-9)22(29)30-18-13(5)15(26-20(18)24)8-14-12(4)17(21(27)28)19(23)25-14/h8-11,16,26H,6-7,24H2,1-5H3,(H2,23,25)(H,27,28)/b14-8-. The van der Waals surface area contributed by atoms with Gasteiger partial charge in [0.25, 0.3) is 0 Å². The molecule has 0 radical (unpaired) electrons. The number of anilines is 1. The molecular formula is C22H30N4O4. The molecule has 2 unspecified atom stereocenters. The van der Waals surface area contributed by atoms with Crippen molar-refractivity contribution in [3.63, 3.8) is 0 Å². The highest BCUT2D eigenvalue weighted by atomic mass is 16.5. The van der Waals surface area contributed by atoms with Crippen molar-refractivity contribution < 1.29 is 19.4 Å². The maximum atomic E-state index is 12.9. The second-order valence-corrected chi connectivity index (χ2v) is 8.72. The van der Waals surface area contributed by atoms with Crippen molar-refractivity contribution in [3.05, 3.63) is 28.1 Å². The molecule has 1 saturated carbocycles. The van der Waals surface area contributed by atoms with Gasteiger partial charge in [-0.3, -0.25) is 4.79 Å². The third kappa shape index (κ3) is 3.86. The van der Waals surface area contributed by atoms with Crippen LogP contribution in [0.25, 0.3) is 6.08 Å². The van der Waals surface area contributed by atoms with Crippen LogP contribution in [0.3, 0.4) is 0 Å². The quantitative estimate of drug-likeness (QED) is 0.557. The molecular weight excluding hydrogens is 384 g/mol. The molecule has 1 aliphatic heterocycles. The molecule has 3 rings (SSSR count). The molecule has 2 heterocycles. The maximum absolute atomic E-state index is 12.9. The van der Waals surface area contributed by atoms with E-state index in [1.165, 1.54) is 0 Å². The van der Waals surface area contributed by atoms with Crippen LogP contribution in [0.4, 0.5) is 5.82 Å². The Morgan fingerprint density at radius 2 is 1.77 bits per heavy atom. The number of H-pyrrole nitrogens is 1. The van der Waals surface area contributed by atoms with Crippen LogP contribution < -0.4 is 16.2 Å². The van der Waals surface area contributed by atoms with E-state index in [-0.39, 0.29) is 40.9 Å². The van der Waals surface area contributed by atoms with Crippen LogP contribution in [-0.2, 0) is 9.59 Å². The number of carbonyl (C=O) groups is 2. The summed E-state index contributed by atoms with van der Waals surface area (Å²) in [4.78, 5) is 31.4. The molecule has 1 aliphatic carbocycles. The van der Waals surface area contributed by atoms with E-state index in [2.05, 4.69) is 30.7 Å². The van der Waals surface area contributed by atoms with E-state index in [4.69, 9.17) is 16.2 Å². The number of nitrogens with zero attached hydrogens (tertiary/aromatic N) is 1. The average molecular weight is 415 g/mol. The summed E-state index contributed by atoms with van der Waals surface area (Å²) in [6.07, 6.45) is 3.66. The van der Waals surface area contributed by atoms with Crippen molar-refractivity contribution in [2.75, 3.05) is 5.73 Å². The molecule has 8 heteroatoms. The molecule has 2 atom stereocenters. The normalized spacial score (nSPS) is 28.0. The second-order valence-electron chi connectivity index (χ2n) is 8.72. The summed E-state index contributed by atoms with van der Waals surface area (Å²) >= 11 is 0. The number of carbonyl (C=O) groups excluding carboxylic acids is 1. The number of allylic oxidation sites excluding steroid dienone is 1. The zero-order chi connectivity index (χ0) is 22.3. The predicted octanol–water partition coefficient (Wildman–Crippen LogP) is 3.24. The first-order valence-corrected chi connectivity index (χ1v) is 10.2. The molecule has 30 heavy (non-hydrogen) atoms. The van der Waals surface area contributed by atoms with Crippen molar-refractivity contribution in [1.82, 2.24) is 4.98 Å². The van der Waals surface area contributed by atoms with E-state index in [9.17, 15) is 14.7 Å². The first-order valence-electron chi connectivity index (χ1n) is 10.2. The first-order chi connectivity index (χ1) is 14.0. The SMILES string of the molecule is CC1=C(C(=O)O)C(N)=N/C1=C\c1[nH]c(N)c(OC(=O)C2C(C)CC(C)CC2C)c1C. The third-order valence-corrected chi connectivity index (χ3v) is 6.26. The van der Waals surface area contributed by atoms with Crippen LogP contribution >= 0.6 is 0 Å². The Kier molecular flexibility index (Phi) is 5.78. The van der Waals surface area contributed by atoms with E-state index in [1.54, 1.807) is 19.9 Å². The fourth-order valence-electron chi connectivity index (χ4n) is 4.89. The molecule has 162 valence electrons. The monoisotopic (exact) mass is 414 g/mol. The zero-order valence-corrected chi connectivity index (χ0v) is 18.1. The summed E-state index contributed by atoms with van der Waals surface area (Å²) in [5.41, 5.74) is 14.0. The van der Waals surface area contributed by atoms with Crippen molar-refractivity contribution in [3.8, 4) is 5.75 Å². The van der Waals surface area contributed by atoms with Crippen LogP contribution in [-0.4, -0.2) is 27.9 Å². The van der Waals surface area contributed by atoms with Crippen molar-refractivity contribution in [2.24, 2.45) is 34.4 Å². The van der Waals surface area contributed by atoms with Gasteiger partial charge in [-0.2, -0.15) is 0 Å². The number of nitrogens with two attached hydrogens (primary N) is 2. The number of aromatic amines is 1. The Bertz CT molecular complexity index is 974. The number of ether oxygens (including phenoxy) is 1. The molecule has 1 aromatic heterocycles. The lowest BCUT2D eigenvalue weighted by molar-refractivity contribution is -0.144. The van der Waals surface area contributed by atoms with Crippen LogP contribution in [0.15, 0.2) is 21.8 Å². The van der Waals surface area contributed by atoms with Gasteiger partial charge in [0.1, 0.15) is 17.2 Å². The summed E-state index contributed by atoms with van der Waals surface area (Å²) in [7, 11) is 0. The van der Waals surface area contributed by atoms with Crippen LogP contribution in [0.2, 0.25) is 0 Å². The molecule has 6 N–H and O–H groups in total. The van der Waals surface area contributed by atoms with E-state index in [0.29, 0.717) is 34.2 Å². The van der Waals surface area contributed by atoms with Gasteiger partial charge in [0.15, 0.2) is 5.75 Å². The number of carboxylic acid groups (broad SMARTS) is 1. The van der Waals surface area contributed by atoms with Crippen molar-refractivity contribution >= 4 is 29.7 Å². The Morgan fingerprint density at radius 1 is 1.17 bits per heavy atom. The Balaban J connectivity index is 1.87. The lowest BCUT2D eigenvalue weighted by atomic mass is 9.69. The number of aromatic nitrogens is 1.